The Morgan fingerprint density at radius 1 is 1.43 bits per heavy atom. The number of hydrogen-bond donors (Lipinski definition) is 0. The van der Waals surface area contributed by atoms with Crippen molar-refractivity contribution in [3.8, 4) is 17.3 Å². The van der Waals surface area contributed by atoms with Crippen molar-refractivity contribution >= 4 is 22.7 Å². The van der Waals surface area contributed by atoms with Gasteiger partial charge in [-0.05, 0) is 25.4 Å². The Morgan fingerprint density at radius 2 is 2.24 bits per heavy atom. The Hall–Kier alpha value is -2.39. The molecule has 106 valence electrons. The van der Waals surface area contributed by atoms with Gasteiger partial charge < -0.3 is 4.42 Å². The van der Waals surface area contributed by atoms with Gasteiger partial charge >= 0.3 is 0 Å². The summed E-state index contributed by atoms with van der Waals surface area (Å²) in [5, 5.41) is 13.4. The molecule has 0 saturated heterocycles. The van der Waals surface area contributed by atoms with E-state index in [1.807, 2.05) is 20.0 Å². The second-order valence-corrected chi connectivity index (χ2v) is 5.64. The summed E-state index contributed by atoms with van der Waals surface area (Å²) >= 11 is 5.94. The van der Waals surface area contributed by atoms with E-state index < -0.39 is 5.54 Å². The highest BCUT2D eigenvalue weighted by atomic mass is 35.5. The Kier molecular flexibility index (Phi) is 3.15. The average molecular weight is 302 g/mol. The van der Waals surface area contributed by atoms with Gasteiger partial charge in [-0.3, -0.25) is 4.68 Å². The highest BCUT2D eigenvalue weighted by Crippen LogP contribution is 2.29. The molecule has 0 saturated carbocycles. The van der Waals surface area contributed by atoms with Gasteiger partial charge in [0.1, 0.15) is 11.2 Å². The predicted molar refractivity (Wildman–Crippen MR) is 77.6 cm³/mol. The fraction of sp³-hybridized carbons (Fsp3) is 0.286. The van der Waals surface area contributed by atoms with Crippen molar-refractivity contribution in [2.75, 3.05) is 0 Å². The largest absolute Gasteiger partial charge is 0.460 e. The molecule has 0 aromatic carbocycles. The summed E-state index contributed by atoms with van der Waals surface area (Å²) in [5.74, 6) is 0. The molecule has 7 heteroatoms. The molecular formula is C14H12ClN5O. The number of halogens is 1. The fourth-order valence-electron chi connectivity index (χ4n) is 2.08. The van der Waals surface area contributed by atoms with Crippen molar-refractivity contribution in [3.63, 3.8) is 0 Å². The molecule has 0 amide bonds. The Labute approximate surface area is 126 Å². The average Bonchev–Trinajstić information content (AvgIpc) is 3.06. The Morgan fingerprint density at radius 3 is 3.00 bits per heavy atom. The zero-order chi connectivity index (χ0) is 15.0. The third-order valence-electron chi connectivity index (χ3n) is 3.26. The maximum Gasteiger partial charge on any atom is 0.223 e. The molecule has 0 fully saturated rings. The first-order chi connectivity index (χ1) is 10.0. The maximum atomic E-state index is 8.89. The number of nitriles is 1. The van der Waals surface area contributed by atoms with E-state index in [1.165, 1.54) is 0 Å². The van der Waals surface area contributed by atoms with Gasteiger partial charge in [0.25, 0.3) is 0 Å². The molecule has 0 N–H and O–H groups in total. The lowest BCUT2D eigenvalue weighted by atomic mass is 10.0. The number of nitrogens with zero attached hydrogens (tertiary/aromatic N) is 5. The lowest BCUT2D eigenvalue weighted by Gasteiger charge is -2.21. The topological polar surface area (TPSA) is 80.5 Å². The van der Waals surface area contributed by atoms with Crippen LogP contribution in [-0.4, -0.2) is 19.7 Å². The van der Waals surface area contributed by atoms with Gasteiger partial charge in [-0.25, -0.2) is 9.97 Å². The summed E-state index contributed by atoms with van der Waals surface area (Å²) < 4.78 is 7.17. The minimum Gasteiger partial charge on any atom is -0.460 e. The first-order valence-electron chi connectivity index (χ1n) is 6.34. The van der Waals surface area contributed by atoms with Crippen molar-refractivity contribution in [2.45, 2.75) is 25.8 Å². The van der Waals surface area contributed by atoms with Gasteiger partial charge in [0, 0.05) is 17.8 Å². The van der Waals surface area contributed by atoms with E-state index >= 15 is 0 Å². The molecule has 0 spiro atoms. The molecule has 3 rings (SSSR count). The van der Waals surface area contributed by atoms with Crippen molar-refractivity contribution in [2.24, 2.45) is 0 Å². The summed E-state index contributed by atoms with van der Waals surface area (Å²) in [5.41, 5.74) is 2.18. The molecule has 0 atom stereocenters. The quantitative estimate of drug-likeness (QED) is 0.693. The van der Waals surface area contributed by atoms with Crippen molar-refractivity contribution in [3.05, 3.63) is 30.0 Å². The van der Waals surface area contributed by atoms with E-state index in [0.29, 0.717) is 23.2 Å². The molecule has 3 heterocycles. The monoisotopic (exact) mass is 301 g/mol. The summed E-state index contributed by atoms with van der Waals surface area (Å²) in [6.45, 7) is 3.89. The van der Waals surface area contributed by atoms with Gasteiger partial charge in [0.2, 0.25) is 5.28 Å². The van der Waals surface area contributed by atoms with E-state index in [2.05, 4.69) is 21.1 Å². The number of furan rings is 1. The molecule has 21 heavy (non-hydrogen) atoms. The van der Waals surface area contributed by atoms with Crippen LogP contribution >= 0.6 is 11.6 Å². The van der Waals surface area contributed by atoms with E-state index in [4.69, 9.17) is 21.3 Å². The van der Waals surface area contributed by atoms with Crippen LogP contribution < -0.4 is 0 Å². The molecule has 0 aliphatic rings. The SMILES string of the molecule is CC(C)(CC#N)n1cc(-c2nc(Cl)nc3ccoc23)cn1. The zero-order valence-corrected chi connectivity index (χ0v) is 12.3. The third kappa shape index (κ3) is 2.36. The zero-order valence-electron chi connectivity index (χ0n) is 11.5. The Bertz CT molecular complexity index is 843. The van der Waals surface area contributed by atoms with E-state index in [1.54, 1.807) is 23.2 Å². The van der Waals surface area contributed by atoms with Gasteiger partial charge in [0.15, 0.2) is 5.58 Å². The Balaban J connectivity index is 2.11. The minimum absolute atomic E-state index is 0.155. The number of fused-ring (bicyclic) bond motifs is 1. The van der Waals surface area contributed by atoms with Crippen LogP contribution in [0.5, 0.6) is 0 Å². The lowest BCUT2D eigenvalue weighted by molar-refractivity contribution is 0.326. The molecular weight excluding hydrogens is 290 g/mol. The van der Waals surface area contributed by atoms with Crippen molar-refractivity contribution in [1.29, 1.82) is 5.26 Å². The second kappa shape index (κ2) is 4.86. The van der Waals surface area contributed by atoms with Crippen molar-refractivity contribution in [1.82, 2.24) is 19.7 Å². The minimum atomic E-state index is -0.397. The van der Waals surface area contributed by atoms with Gasteiger partial charge in [-0.2, -0.15) is 10.4 Å². The van der Waals surface area contributed by atoms with Crippen LogP contribution in [0.3, 0.4) is 0 Å². The van der Waals surface area contributed by atoms with Crippen LogP contribution in [0.25, 0.3) is 22.4 Å². The highest BCUT2D eigenvalue weighted by Gasteiger charge is 2.22. The van der Waals surface area contributed by atoms with Crippen LogP contribution in [0, 0.1) is 11.3 Å². The van der Waals surface area contributed by atoms with E-state index in [0.717, 1.165) is 5.56 Å². The molecule has 0 aliphatic carbocycles. The molecule has 0 aliphatic heterocycles. The molecule has 0 bridgehead atoms. The fourth-order valence-corrected chi connectivity index (χ4v) is 2.26. The highest BCUT2D eigenvalue weighted by molar-refractivity contribution is 6.28. The van der Waals surface area contributed by atoms with Crippen LogP contribution in [0.4, 0.5) is 0 Å². The van der Waals surface area contributed by atoms with Gasteiger partial charge in [0.05, 0.1) is 30.5 Å². The standard InChI is InChI=1S/C14H12ClN5O/c1-14(2,4-5-16)20-8-9(7-17-20)11-12-10(3-6-21-12)18-13(15)19-11/h3,6-8H,4H2,1-2H3. The normalized spacial score (nSPS) is 11.7. The van der Waals surface area contributed by atoms with Crippen LogP contribution in [-0.2, 0) is 5.54 Å². The molecule has 3 aromatic heterocycles. The van der Waals surface area contributed by atoms with Gasteiger partial charge in [-0.15, -0.1) is 0 Å². The number of hydrogen-bond acceptors (Lipinski definition) is 5. The first-order valence-corrected chi connectivity index (χ1v) is 6.72. The second-order valence-electron chi connectivity index (χ2n) is 5.30. The van der Waals surface area contributed by atoms with Crippen LogP contribution in [0.2, 0.25) is 5.28 Å². The molecule has 0 radical (unpaired) electrons. The van der Waals surface area contributed by atoms with E-state index in [-0.39, 0.29) is 5.28 Å². The van der Waals surface area contributed by atoms with Crippen molar-refractivity contribution < 1.29 is 4.42 Å². The summed E-state index contributed by atoms with van der Waals surface area (Å²) in [4.78, 5) is 8.32. The van der Waals surface area contributed by atoms with Gasteiger partial charge in [-0.1, -0.05) is 0 Å². The van der Waals surface area contributed by atoms with Crippen LogP contribution in [0.15, 0.2) is 29.1 Å². The van der Waals surface area contributed by atoms with E-state index in [9.17, 15) is 0 Å². The smallest absolute Gasteiger partial charge is 0.223 e. The summed E-state index contributed by atoms with van der Waals surface area (Å²) in [7, 11) is 0. The third-order valence-corrected chi connectivity index (χ3v) is 3.43. The predicted octanol–water partition coefficient (Wildman–Crippen LogP) is 3.39. The lowest BCUT2D eigenvalue weighted by Crippen LogP contribution is -2.25. The summed E-state index contributed by atoms with van der Waals surface area (Å²) in [6.07, 6.45) is 5.41. The number of aromatic nitrogens is 4. The summed E-state index contributed by atoms with van der Waals surface area (Å²) in [6, 6.07) is 3.90. The van der Waals surface area contributed by atoms with Crippen LogP contribution in [0.1, 0.15) is 20.3 Å². The maximum absolute atomic E-state index is 8.89. The first kappa shape index (κ1) is 13.6. The number of rotatable bonds is 3. The molecule has 3 aromatic rings. The molecule has 6 nitrogen and oxygen atoms in total. The molecule has 0 unspecified atom stereocenters.